The summed E-state index contributed by atoms with van der Waals surface area (Å²) in [7, 11) is 0. The summed E-state index contributed by atoms with van der Waals surface area (Å²) in [5.74, 6) is 0.212. The van der Waals surface area contributed by atoms with Crippen molar-refractivity contribution in [2.45, 2.75) is 45.4 Å². The highest BCUT2D eigenvalue weighted by Gasteiger charge is 2.34. The molecule has 1 aliphatic rings. The maximum atomic E-state index is 10.5. The van der Waals surface area contributed by atoms with Crippen LogP contribution in [0.1, 0.15) is 47.7 Å². The molecule has 0 radical (unpaired) electrons. The SMILES string of the molecule is Cc1ccc(C2CC(O)C(C)C(c3ccc(C)cc3)N2)cc1.Cl. The summed E-state index contributed by atoms with van der Waals surface area (Å²) in [5.41, 5.74) is 5.05. The number of rotatable bonds is 2. The van der Waals surface area contributed by atoms with Gasteiger partial charge in [0.25, 0.3) is 0 Å². The molecule has 3 rings (SSSR count). The molecule has 0 aromatic heterocycles. The van der Waals surface area contributed by atoms with E-state index in [-0.39, 0.29) is 36.5 Å². The van der Waals surface area contributed by atoms with Gasteiger partial charge in [-0.15, -0.1) is 12.4 Å². The standard InChI is InChI=1S/C20H25NO.ClH/c1-13-4-8-16(9-5-13)18-12-19(22)15(3)20(21-18)17-10-6-14(2)7-11-17;/h4-11,15,18-22H,12H2,1-3H3;1H. The Morgan fingerprint density at radius 1 is 0.870 bits per heavy atom. The van der Waals surface area contributed by atoms with Crippen LogP contribution in [0.4, 0.5) is 0 Å². The summed E-state index contributed by atoms with van der Waals surface area (Å²) in [6.45, 7) is 6.34. The van der Waals surface area contributed by atoms with Gasteiger partial charge in [-0.1, -0.05) is 66.6 Å². The third-order valence-corrected chi connectivity index (χ3v) is 4.91. The number of benzene rings is 2. The van der Waals surface area contributed by atoms with Crippen LogP contribution in [-0.4, -0.2) is 11.2 Å². The van der Waals surface area contributed by atoms with Crippen LogP contribution in [0, 0.1) is 19.8 Å². The lowest BCUT2D eigenvalue weighted by atomic mass is 9.81. The second-order valence-electron chi connectivity index (χ2n) is 6.68. The molecule has 1 heterocycles. The molecule has 2 N–H and O–H groups in total. The summed E-state index contributed by atoms with van der Waals surface area (Å²) in [4.78, 5) is 0. The molecule has 0 saturated carbocycles. The van der Waals surface area contributed by atoms with Gasteiger partial charge in [-0.05, 0) is 31.4 Å². The minimum atomic E-state index is -0.279. The Morgan fingerprint density at radius 3 is 1.87 bits per heavy atom. The average Bonchev–Trinajstić information content (AvgIpc) is 2.52. The molecule has 4 atom stereocenters. The third kappa shape index (κ3) is 3.95. The normalized spacial score (nSPS) is 27.3. The van der Waals surface area contributed by atoms with E-state index in [4.69, 9.17) is 0 Å². The van der Waals surface area contributed by atoms with Gasteiger partial charge in [0.1, 0.15) is 0 Å². The number of aliphatic hydroxyl groups is 1. The van der Waals surface area contributed by atoms with Crippen molar-refractivity contribution in [1.29, 1.82) is 0 Å². The molecular formula is C20H26ClNO. The van der Waals surface area contributed by atoms with Crippen LogP contribution in [0.3, 0.4) is 0 Å². The Balaban J connectivity index is 0.00000192. The van der Waals surface area contributed by atoms with Crippen LogP contribution in [0.2, 0.25) is 0 Å². The van der Waals surface area contributed by atoms with E-state index in [2.05, 4.69) is 74.6 Å². The smallest absolute Gasteiger partial charge is 0.0602 e. The molecule has 0 bridgehead atoms. The highest BCUT2D eigenvalue weighted by Crippen LogP contribution is 2.37. The van der Waals surface area contributed by atoms with E-state index in [9.17, 15) is 5.11 Å². The lowest BCUT2D eigenvalue weighted by molar-refractivity contribution is 0.0402. The summed E-state index contributed by atoms with van der Waals surface area (Å²) < 4.78 is 0. The number of hydrogen-bond donors (Lipinski definition) is 2. The van der Waals surface area contributed by atoms with Crippen molar-refractivity contribution in [3.8, 4) is 0 Å². The van der Waals surface area contributed by atoms with E-state index in [1.54, 1.807) is 0 Å². The maximum Gasteiger partial charge on any atom is 0.0602 e. The first kappa shape index (κ1) is 18.0. The number of piperidine rings is 1. The van der Waals surface area contributed by atoms with E-state index < -0.39 is 0 Å². The van der Waals surface area contributed by atoms with Crippen molar-refractivity contribution in [2.24, 2.45) is 5.92 Å². The van der Waals surface area contributed by atoms with Crippen molar-refractivity contribution in [2.75, 3.05) is 0 Å². The van der Waals surface area contributed by atoms with Crippen LogP contribution in [0.25, 0.3) is 0 Å². The Morgan fingerprint density at radius 2 is 1.35 bits per heavy atom. The first-order valence-corrected chi connectivity index (χ1v) is 8.12. The van der Waals surface area contributed by atoms with Crippen LogP contribution >= 0.6 is 12.4 Å². The van der Waals surface area contributed by atoms with Crippen molar-refractivity contribution < 1.29 is 5.11 Å². The van der Waals surface area contributed by atoms with Crippen molar-refractivity contribution >= 4 is 12.4 Å². The van der Waals surface area contributed by atoms with E-state index in [1.807, 2.05) is 0 Å². The molecule has 1 saturated heterocycles. The van der Waals surface area contributed by atoms with E-state index in [0.29, 0.717) is 0 Å². The molecule has 0 spiro atoms. The van der Waals surface area contributed by atoms with Gasteiger partial charge in [-0.2, -0.15) is 0 Å². The van der Waals surface area contributed by atoms with E-state index >= 15 is 0 Å². The van der Waals surface area contributed by atoms with E-state index in [0.717, 1.165) is 6.42 Å². The van der Waals surface area contributed by atoms with Gasteiger partial charge in [-0.3, -0.25) is 0 Å². The molecule has 0 amide bonds. The third-order valence-electron chi connectivity index (χ3n) is 4.91. The largest absolute Gasteiger partial charge is 0.393 e. The maximum absolute atomic E-state index is 10.5. The van der Waals surface area contributed by atoms with Gasteiger partial charge in [0, 0.05) is 18.0 Å². The quantitative estimate of drug-likeness (QED) is 0.849. The molecule has 124 valence electrons. The lowest BCUT2D eigenvalue weighted by Crippen LogP contribution is -2.43. The molecule has 4 unspecified atom stereocenters. The molecule has 2 aromatic rings. The van der Waals surface area contributed by atoms with Crippen molar-refractivity contribution in [3.63, 3.8) is 0 Å². The van der Waals surface area contributed by atoms with Gasteiger partial charge in [-0.25, -0.2) is 0 Å². The zero-order valence-electron chi connectivity index (χ0n) is 14.0. The van der Waals surface area contributed by atoms with Gasteiger partial charge >= 0.3 is 0 Å². The highest BCUT2D eigenvalue weighted by molar-refractivity contribution is 5.85. The Labute approximate surface area is 145 Å². The predicted molar refractivity (Wildman–Crippen MR) is 98.0 cm³/mol. The summed E-state index contributed by atoms with van der Waals surface area (Å²) >= 11 is 0. The van der Waals surface area contributed by atoms with E-state index in [1.165, 1.54) is 22.3 Å². The van der Waals surface area contributed by atoms with Crippen LogP contribution in [-0.2, 0) is 0 Å². The Kier molecular flexibility index (Phi) is 5.85. The molecule has 2 aromatic carbocycles. The number of hydrogen-bond acceptors (Lipinski definition) is 2. The number of nitrogens with one attached hydrogen (secondary N) is 1. The fourth-order valence-electron chi connectivity index (χ4n) is 3.32. The number of halogens is 1. The van der Waals surface area contributed by atoms with Crippen molar-refractivity contribution in [1.82, 2.24) is 5.32 Å². The van der Waals surface area contributed by atoms with Gasteiger partial charge in [0.05, 0.1) is 6.10 Å². The predicted octanol–water partition coefficient (Wildman–Crippen LogP) is 4.50. The second-order valence-corrected chi connectivity index (χ2v) is 6.68. The minimum absolute atomic E-state index is 0. The number of aliphatic hydroxyl groups excluding tert-OH is 1. The number of aryl methyl sites for hydroxylation is 2. The van der Waals surface area contributed by atoms with Gasteiger partial charge < -0.3 is 10.4 Å². The monoisotopic (exact) mass is 331 g/mol. The molecule has 23 heavy (non-hydrogen) atoms. The second kappa shape index (κ2) is 7.48. The molecule has 1 aliphatic heterocycles. The highest BCUT2D eigenvalue weighted by atomic mass is 35.5. The summed E-state index contributed by atoms with van der Waals surface area (Å²) in [5, 5.41) is 14.3. The van der Waals surface area contributed by atoms with Crippen LogP contribution < -0.4 is 5.32 Å². The zero-order valence-corrected chi connectivity index (χ0v) is 14.8. The summed E-state index contributed by atoms with van der Waals surface area (Å²) in [6, 6.07) is 17.7. The fourth-order valence-corrected chi connectivity index (χ4v) is 3.32. The first-order chi connectivity index (χ1) is 10.5. The fraction of sp³-hybridized carbons (Fsp3) is 0.400. The van der Waals surface area contributed by atoms with Crippen LogP contribution in [0.5, 0.6) is 0 Å². The van der Waals surface area contributed by atoms with Crippen LogP contribution in [0.15, 0.2) is 48.5 Å². The molecule has 3 heteroatoms. The zero-order chi connectivity index (χ0) is 15.7. The van der Waals surface area contributed by atoms with Gasteiger partial charge in [0.2, 0.25) is 0 Å². The summed E-state index contributed by atoms with van der Waals surface area (Å²) in [6.07, 6.45) is 0.492. The molecule has 1 fully saturated rings. The topological polar surface area (TPSA) is 32.3 Å². The Hall–Kier alpha value is -1.35. The Bertz CT molecular complexity index is 623. The molecule has 2 nitrogen and oxygen atoms in total. The van der Waals surface area contributed by atoms with Gasteiger partial charge in [0.15, 0.2) is 0 Å². The molecular weight excluding hydrogens is 306 g/mol. The first-order valence-electron chi connectivity index (χ1n) is 8.12. The average molecular weight is 332 g/mol. The molecule has 0 aliphatic carbocycles. The van der Waals surface area contributed by atoms with Crippen molar-refractivity contribution in [3.05, 3.63) is 70.8 Å². The lowest BCUT2D eigenvalue weighted by Gasteiger charge is -2.40. The minimum Gasteiger partial charge on any atom is -0.393 e.